The van der Waals surface area contributed by atoms with Gasteiger partial charge in [0.1, 0.15) is 0 Å². The van der Waals surface area contributed by atoms with Crippen molar-refractivity contribution in [3.63, 3.8) is 0 Å². The fourth-order valence-corrected chi connectivity index (χ4v) is 3.75. The van der Waals surface area contributed by atoms with Crippen LogP contribution in [0.2, 0.25) is 0 Å². The number of nitro groups is 1. The van der Waals surface area contributed by atoms with E-state index >= 15 is 0 Å². The smallest absolute Gasteiger partial charge is 0.269 e. The summed E-state index contributed by atoms with van der Waals surface area (Å²) in [6.07, 6.45) is 2.97. The highest BCUT2D eigenvalue weighted by Gasteiger charge is 2.16. The van der Waals surface area contributed by atoms with E-state index in [-0.39, 0.29) is 11.5 Å². The molecule has 0 fully saturated rings. The largest absolute Gasteiger partial charge is 0.362 e. The molecule has 28 heavy (non-hydrogen) atoms. The fraction of sp³-hybridized carbons (Fsp3) is 0. The van der Waals surface area contributed by atoms with Gasteiger partial charge >= 0.3 is 0 Å². The summed E-state index contributed by atoms with van der Waals surface area (Å²) in [6, 6.07) is 19.6. The lowest BCUT2D eigenvalue weighted by atomic mass is 10.1. The van der Waals surface area contributed by atoms with E-state index in [4.69, 9.17) is 0 Å². The fourth-order valence-electron chi connectivity index (χ4n) is 2.78. The molecule has 7 heteroatoms. The Kier molecular flexibility index (Phi) is 4.82. The first-order valence-corrected chi connectivity index (χ1v) is 9.32. The van der Waals surface area contributed by atoms with Gasteiger partial charge < -0.3 is 10.6 Å². The second kappa shape index (κ2) is 7.58. The zero-order chi connectivity index (χ0) is 19.5. The molecule has 1 aliphatic heterocycles. The number of carbonyl (C=O) groups excluding carboxylic acids is 1. The minimum atomic E-state index is -0.454. The number of rotatable bonds is 5. The van der Waals surface area contributed by atoms with Gasteiger partial charge in [0.2, 0.25) is 0 Å². The van der Waals surface area contributed by atoms with Crippen LogP contribution in [0.15, 0.2) is 88.8 Å². The van der Waals surface area contributed by atoms with E-state index in [2.05, 4.69) is 16.7 Å². The number of fused-ring (bicyclic) bond motifs is 2. The van der Waals surface area contributed by atoms with E-state index in [0.29, 0.717) is 11.3 Å². The number of anilines is 3. The van der Waals surface area contributed by atoms with Gasteiger partial charge in [0.05, 0.1) is 16.3 Å². The third-order valence-corrected chi connectivity index (χ3v) is 5.36. The van der Waals surface area contributed by atoms with Gasteiger partial charge in [-0.3, -0.25) is 14.9 Å². The molecule has 0 bridgehead atoms. The molecular weight excluding hydrogens is 374 g/mol. The number of non-ortho nitro benzene ring substituents is 1. The number of allylic oxidation sites excluding steroid dienone is 1. The van der Waals surface area contributed by atoms with Gasteiger partial charge in [-0.1, -0.05) is 23.9 Å². The van der Waals surface area contributed by atoms with Crippen LogP contribution in [0.3, 0.4) is 0 Å². The van der Waals surface area contributed by atoms with Gasteiger partial charge in [0, 0.05) is 45.5 Å². The Morgan fingerprint density at radius 3 is 2.54 bits per heavy atom. The monoisotopic (exact) mass is 389 g/mol. The molecule has 0 radical (unpaired) electrons. The van der Waals surface area contributed by atoms with Crippen molar-refractivity contribution in [2.24, 2.45) is 0 Å². The molecule has 0 aliphatic carbocycles. The highest BCUT2D eigenvalue weighted by atomic mass is 32.2. The molecule has 0 atom stereocenters. The van der Waals surface area contributed by atoms with E-state index in [0.717, 1.165) is 21.2 Å². The van der Waals surface area contributed by atoms with E-state index in [1.165, 1.54) is 24.4 Å². The maximum atomic E-state index is 12.5. The molecule has 0 unspecified atom stereocenters. The van der Waals surface area contributed by atoms with Crippen LogP contribution in [0.1, 0.15) is 10.4 Å². The van der Waals surface area contributed by atoms with Gasteiger partial charge in [0.25, 0.3) is 5.69 Å². The molecule has 0 saturated carbocycles. The van der Waals surface area contributed by atoms with Gasteiger partial charge in [-0.25, -0.2) is 0 Å². The van der Waals surface area contributed by atoms with Crippen molar-refractivity contribution in [3.8, 4) is 0 Å². The van der Waals surface area contributed by atoms with Crippen molar-refractivity contribution < 1.29 is 9.72 Å². The van der Waals surface area contributed by atoms with Gasteiger partial charge in [-0.2, -0.15) is 0 Å². The lowest BCUT2D eigenvalue weighted by molar-refractivity contribution is -0.384. The maximum Gasteiger partial charge on any atom is 0.269 e. The summed E-state index contributed by atoms with van der Waals surface area (Å²) in [5, 5.41) is 17.0. The lowest BCUT2D eigenvalue weighted by Crippen LogP contribution is -2.03. The summed E-state index contributed by atoms with van der Waals surface area (Å²) < 4.78 is 0. The Hall–Kier alpha value is -3.58. The molecule has 2 N–H and O–H groups in total. The number of nitro benzene ring substituents is 1. The van der Waals surface area contributed by atoms with Crippen LogP contribution in [0.25, 0.3) is 0 Å². The van der Waals surface area contributed by atoms with E-state index in [1.807, 2.05) is 30.3 Å². The van der Waals surface area contributed by atoms with Crippen LogP contribution >= 0.6 is 11.8 Å². The van der Waals surface area contributed by atoms with Crippen LogP contribution in [-0.4, -0.2) is 10.7 Å². The first-order chi connectivity index (χ1) is 13.6. The zero-order valence-corrected chi connectivity index (χ0v) is 15.4. The quantitative estimate of drug-likeness (QED) is 0.200. The standard InChI is InChI=1S/C21H15N3O3S/c25-19(11-12-22-15-6-8-16(9-7-15)24(26)27)14-5-10-21-18(13-14)23-17-3-1-2-4-20(17)28-21/h1-13,22-23H/b12-11+. The lowest BCUT2D eigenvalue weighted by Gasteiger charge is -2.20. The van der Waals surface area contributed by atoms with E-state index in [1.54, 1.807) is 30.0 Å². The number of nitrogens with zero attached hydrogens (tertiary/aromatic N) is 1. The summed E-state index contributed by atoms with van der Waals surface area (Å²) in [7, 11) is 0. The molecular formula is C21H15N3O3S. The Bertz CT molecular complexity index is 1090. The number of para-hydroxylation sites is 1. The predicted molar refractivity (Wildman–Crippen MR) is 110 cm³/mol. The number of hydrogen-bond donors (Lipinski definition) is 2. The van der Waals surface area contributed by atoms with Crippen molar-refractivity contribution in [2.75, 3.05) is 10.6 Å². The number of carbonyl (C=O) groups is 1. The SMILES string of the molecule is O=C(/C=C/Nc1ccc([N+](=O)[O-])cc1)c1ccc2c(c1)Nc1ccccc1S2. The molecule has 3 aromatic carbocycles. The van der Waals surface area contributed by atoms with Gasteiger partial charge in [-0.15, -0.1) is 0 Å². The van der Waals surface area contributed by atoms with Crippen LogP contribution in [0.5, 0.6) is 0 Å². The average Bonchev–Trinajstić information content (AvgIpc) is 2.72. The molecule has 6 nitrogen and oxygen atoms in total. The van der Waals surface area contributed by atoms with Crippen molar-refractivity contribution in [2.45, 2.75) is 9.79 Å². The van der Waals surface area contributed by atoms with Crippen LogP contribution in [-0.2, 0) is 0 Å². The third-order valence-electron chi connectivity index (χ3n) is 4.20. The van der Waals surface area contributed by atoms with Crippen LogP contribution < -0.4 is 10.6 Å². The van der Waals surface area contributed by atoms with Gasteiger partial charge in [-0.05, 0) is 42.5 Å². The minimum absolute atomic E-state index is 0.0200. The summed E-state index contributed by atoms with van der Waals surface area (Å²) in [5.74, 6) is -0.136. The summed E-state index contributed by atoms with van der Waals surface area (Å²) in [5.41, 5.74) is 3.20. The number of nitrogens with one attached hydrogen (secondary N) is 2. The van der Waals surface area contributed by atoms with Crippen molar-refractivity contribution in [1.82, 2.24) is 0 Å². The Morgan fingerprint density at radius 1 is 1.00 bits per heavy atom. The Balaban J connectivity index is 1.44. The van der Waals surface area contributed by atoms with E-state index < -0.39 is 4.92 Å². The molecule has 3 aromatic rings. The van der Waals surface area contributed by atoms with Crippen molar-refractivity contribution in [1.29, 1.82) is 0 Å². The molecule has 0 spiro atoms. The van der Waals surface area contributed by atoms with Crippen molar-refractivity contribution >= 4 is 40.3 Å². The Morgan fingerprint density at radius 2 is 1.75 bits per heavy atom. The maximum absolute atomic E-state index is 12.5. The first kappa shape index (κ1) is 17.8. The molecule has 0 saturated heterocycles. The average molecular weight is 389 g/mol. The highest BCUT2D eigenvalue weighted by molar-refractivity contribution is 7.99. The molecule has 138 valence electrons. The summed E-state index contributed by atoms with van der Waals surface area (Å²) in [6.45, 7) is 0. The minimum Gasteiger partial charge on any atom is -0.362 e. The van der Waals surface area contributed by atoms with Crippen molar-refractivity contribution in [3.05, 3.63) is 94.7 Å². The second-order valence-corrected chi connectivity index (χ2v) is 7.16. The normalized spacial score (nSPS) is 12.0. The summed E-state index contributed by atoms with van der Waals surface area (Å²) in [4.78, 5) is 24.9. The molecule has 0 aromatic heterocycles. The van der Waals surface area contributed by atoms with E-state index in [9.17, 15) is 14.9 Å². The zero-order valence-electron chi connectivity index (χ0n) is 14.6. The van der Waals surface area contributed by atoms with Gasteiger partial charge in [0.15, 0.2) is 5.78 Å². The summed E-state index contributed by atoms with van der Waals surface area (Å²) >= 11 is 1.67. The predicted octanol–water partition coefficient (Wildman–Crippen LogP) is 5.61. The second-order valence-electron chi connectivity index (χ2n) is 6.08. The van der Waals surface area contributed by atoms with Crippen LogP contribution in [0, 0.1) is 10.1 Å². The third kappa shape index (κ3) is 3.74. The molecule has 1 aliphatic rings. The molecule has 4 rings (SSSR count). The molecule has 0 amide bonds. The Labute approximate surface area is 165 Å². The number of hydrogen-bond acceptors (Lipinski definition) is 6. The topological polar surface area (TPSA) is 84.3 Å². The van der Waals surface area contributed by atoms with Crippen LogP contribution in [0.4, 0.5) is 22.7 Å². The number of benzene rings is 3. The number of ketones is 1. The highest BCUT2D eigenvalue weighted by Crippen LogP contribution is 2.44. The molecule has 1 heterocycles. The first-order valence-electron chi connectivity index (χ1n) is 8.50.